The van der Waals surface area contributed by atoms with Crippen LogP contribution in [0.5, 0.6) is 0 Å². The lowest BCUT2D eigenvalue weighted by molar-refractivity contribution is 0.488. The second-order valence-corrected chi connectivity index (χ2v) is 8.09. The predicted octanol–water partition coefficient (Wildman–Crippen LogP) is 2.39. The van der Waals surface area contributed by atoms with Gasteiger partial charge in [-0.25, -0.2) is 17.8 Å². The Kier molecular flexibility index (Phi) is 3.92. The largest absolute Gasteiger partial charge is 0.328 e. The van der Waals surface area contributed by atoms with Gasteiger partial charge in [-0.1, -0.05) is 0 Å². The Morgan fingerprint density at radius 2 is 2.24 bits per heavy atom. The molecule has 7 heteroatoms. The lowest BCUT2D eigenvalue weighted by Gasteiger charge is -2.13. The summed E-state index contributed by atoms with van der Waals surface area (Å²) in [5, 5.41) is 0. The maximum atomic E-state index is 13.3. The first kappa shape index (κ1) is 14.8. The van der Waals surface area contributed by atoms with E-state index in [4.69, 9.17) is 11.6 Å². The molecule has 1 aromatic carbocycles. The zero-order valence-electron chi connectivity index (χ0n) is 11.4. The molecule has 0 bridgehead atoms. The van der Waals surface area contributed by atoms with Crippen LogP contribution in [0.2, 0.25) is 0 Å². The fourth-order valence-electron chi connectivity index (χ4n) is 2.91. The van der Waals surface area contributed by atoms with E-state index in [1.807, 2.05) is 4.57 Å². The predicted molar refractivity (Wildman–Crippen MR) is 80.9 cm³/mol. The second-order valence-electron chi connectivity index (χ2n) is 5.48. The van der Waals surface area contributed by atoms with Crippen molar-refractivity contribution in [2.75, 3.05) is 17.4 Å². The molecule has 0 amide bonds. The smallest absolute Gasteiger partial charge is 0.150 e. The number of benzene rings is 1. The number of nitrogens with zero attached hydrogens (tertiary/aromatic N) is 2. The molecule has 2 heterocycles. The minimum absolute atomic E-state index is 0.0894. The highest BCUT2D eigenvalue weighted by Crippen LogP contribution is 2.25. The van der Waals surface area contributed by atoms with E-state index in [9.17, 15) is 12.8 Å². The third kappa shape index (κ3) is 3.06. The van der Waals surface area contributed by atoms with Gasteiger partial charge in [0.25, 0.3) is 0 Å². The number of sulfone groups is 1. The molecule has 1 aromatic heterocycles. The quantitative estimate of drug-likeness (QED) is 0.809. The van der Waals surface area contributed by atoms with Crippen LogP contribution < -0.4 is 0 Å². The highest BCUT2D eigenvalue weighted by Gasteiger charge is 2.29. The molecule has 0 radical (unpaired) electrons. The number of hydrogen-bond acceptors (Lipinski definition) is 3. The maximum absolute atomic E-state index is 13.3. The van der Waals surface area contributed by atoms with Gasteiger partial charge >= 0.3 is 0 Å². The third-order valence-electron chi connectivity index (χ3n) is 3.87. The van der Waals surface area contributed by atoms with Gasteiger partial charge in [0.05, 0.1) is 22.5 Å². The lowest BCUT2D eigenvalue weighted by Crippen LogP contribution is -2.15. The molecule has 1 aliphatic heterocycles. The van der Waals surface area contributed by atoms with E-state index in [2.05, 4.69) is 4.98 Å². The molecule has 0 spiro atoms. The summed E-state index contributed by atoms with van der Waals surface area (Å²) in [7, 11) is -2.90. The van der Waals surface area contributed by atoms with Crippen molar-refractivity contribution >= 4 is 32.5 Å². The number of halogens is 2. The van der Waals surface area contributed by atoms with Gasteiger partial charge in [-0.2, -0.15) is 0 Å². The van der Waals surface area contributed by atoms with Crippen molar-refractivity contribution in [1.82, 2.24) is 9.55 Å². The van der Waals surface area contributed by atoms with Crippen LogP contribution in [0.1, 0.15) is 12.2 Å². The summed E-state index contributed by atoms with van der Waals surface area (Å²) in [6, 6.07) is 4.49. The van der Waals surface area contributed by atoms with Crippen LogP contribution in [0, 0.1) is 11.7 Å². The van der Waals surface area contributed by atoms with Crippen LogP contribution in [-0.4, -0.2) is 35.4 Å². The van der Waals surface area contributed by atoms with Gasteiger partial charge in [0.2, 0.25) is 0 Å². The minimum atomic E-state index is -2.90. The van der Waals surface area contributed by atoms with Crippen molar-refractivity contribution in [3.8, 4) is 0 Å². The van der Waals surface area contributed by atoms with Crippen LogP contribution in [0.25, 0.3) is 11.0 Å². The zero-order chi connectivity index (χ0) is 15.0. The number of hydrogen-bond donors (Lipinski definition) is 0. The van der Waals surface area contributed by atoms with Gasteiger partial charge in [-0.05, 0) is 24.5 Å². The minimum Gasteiger partial charge on any atom is -0.328 e. The van der Waals surface area contributed by atoms with Crippen molar-refractivity contribution in [2.45, 2.75) is 19.4 Å². The molecule has 4 nitrogen and oxygen atoms in total. The Balaban J connectivity index is 1.97. The maximum Gasteiger partial charge on any atom is 0.150 e. The van der Waals surface area contributed by atoms with Crippen LogP contribution in [0.3, 0.4) is 0 Å². The van der Waals surface area contributed by atoms with E-state index in [-0.39, 0.29) is 23.2 Å². The standard InChI is InChI=1S/C14H16ClFN2O2S/c15-5-3-14-17-12-7-11(16)1-2-13(12)18(14)8-10-4-6-21(19,20)9-10/h1-2,7,10H,3-6,8-9H2. The molecule has 0 N–H and O–H groups in total. The summed E-state index contributed by atoms with van der Waals surface area (Å²) in [5.41, 5.74) is 1.43. The number of aromatic nitrogens is 2. The first-order chi connectivity index (χ1) is 9.98. The van der Waals surface area contributed by atoms with Gasteiger partial charge in [0.1, 0.15) is 11.6 Å². The molecule has 114 valence electrons. The number of imidazole rings is 1. The van der Waals surface area contributed by atoms with Crippen molar-refractivity contribution in [3.05, 3.63) is 29.8 Å². The molecule has 0 aliphatic carbocycles. The van der Waals surface area contributed by atoms with Gasteiger partial charge < -0.3 is 4.57 Å². The van der Waals surface area contributed by atoms with E-state index < -0.39 is 9.84 Å². The SMILES string of the molecule is O=S1(=O)CCC(Cn2c(CCCl)nc3cc(F)ccc32)C1. The molecular formula is C14H16ClFN2O2S. The first-order valence-corrected chi connectivity index (χ1v) is 9.25. The van der Waals surface area contributed by atoms with Crippen LogP contribution in [-0.2, 0) is 22.8 Å². The second kappa shape index (κ2) is 5.57. The Hall–Kier alpha value is -1.14. The van der Waals surface area contributed by atoms with E-state index in [1.54, 1.807) is 6.07 Å². The average molecular weight is 331 g/mol. The molecule has 1 unspecified atom stereocenters. The van der Waals surface area contributed by atoms with Gasteiger partial charge in [0, 0.05) is 24.9 Å². The summed E-state index contributed by atoms with van der Waals surface area (Å²) in [6.45, 7) is 0.591. The molecule has 2 aromatic rings. The Morgan fingerprint density at radius 1 is 1.43 bits per heavy atom. The molecule has 21 heavy (non-hydrogen) atoms. The fraction of sp³-hybridized carbons (Fsp3) is 0.500. The van der Waals surface area contributed by atoms with Crippen LogP contribution in [0.15, 0.2) is 18.2 Å². The topological polar surface area (TPSA) is 52.0 Å². The number of alkyl halides is 1. The summed E-state index contributed by atoms with van der Waals surface area (Å²) in [5.74, 6) is 1.45. The first-order valence-electron chi connectivity index (χ1n) is 6.89. The van der Waals surface area contributed by atoms with Crippen molar-refractivity contribution in [2.24, 2.45) is 5.92 Å². The highest BCUT2D eigenvalue weighted by molar-refractivity contribution is 7.91. The highest BCUT2D eigenvalue weighted by atomic mass is 35.5. The molecule has 3 rings (SSSR count). The molecular weight excluding hydrogens is 315 g/mol. The van der Waals surface area contributed by atoms with E-state index in [0.717, 1.165) is 11.3 Å². The van der Waals surface area contributed by atoms with Crippen molar-refractivity contribution in [1.29, 1.82) is 0 Å². The number of aryl methyl sites for hydroxylation is 1. The van der Waals surface area contributed by atoms with Crippen LogP contribution >= 0.6 is 11.6 Å². The van der Waals surface area contributed by atoms with E-state index in [0.29, 0.717) is 30.8 Å². The normalized spacial score (nSPS) is 21.1. The Labute approximate surface area is 127 Å². The van der Waals surface area contributed by atoms with Crippen molar-refractivity contribution < 1.29 is 12.8 Å². The Bertz CT molecular complexity index is 773. The van der Waals surface area contributed by atoms with E-state index in [1.165, 1.54) is 12.1 Å². The molecule has 1 atom stereocenters. The van der Waals surface area contributed by atoms with Gasteiger partial charge in [-0.15, -0.1) is 11.6 Å². The van der Waals surface area contributed by atoms with Crippen LogP contribution in [0.4, 0.5) is 4.39 Å². The molecule has 1 fully saturated rings. The summed E-state index contributed by atoms with van der Waals surface area (Å²) < 4.78 is 38.5. The number of fused-ring (bicyclic) bond motifs is 1. The summed E-state index contributed by atoms with van der Waals surface area (Å²) in [4.78, 5) is 4.43. The summed E-state index contributed by atoms with van der Waals surface area (Å²) >= 11 is 5.81. The fourth-order valence-corrected chi connectivity index (χ4v) is 4.92. The monoisotopic (exact) mass is 330 g/mol. The summed E-state index contributed by atoms with van der Waals surface area (Å²) in [6.07, 6.45) is 1.25. The van der Waals surface area contributed by atoms with Crippen molar-refractivity contribution in [3.63, 3.8) is 0 Å². The molecule has 0 saturated carbocycles. The molecule has 1 saturated heterocycles. The lowest BCUT2D eigenvalue weighted by atomic mass is 10.1. The average Bonchev–Trinajstić information content (AvgIpc) is 2.91. The third-order valence-corrected chi connectivity index (χ3v) is 5.90. The zero-order valence-corrected chi connectivity index (χ0v) is 13.0. The number of rotatable bonds is 4. The Morgan fingerprint density at radius 3 is 2.90 bits per heavy atom. The van der Waals surface area contributed by atoms with Gasteiger partial charge in [-0.3, -0.25) is 0 Å². The van der Waals surface area contributed by atoms with E-state index >= 15 is 0 Å². The van der Waals surface area contributed by atoms with Gasteiger partial charge in [0.15, 0.2) is 9.84 Å². The molecule has 1 aliphatic rings.